The van der Waals surface area contributed by atoms with Crippen LogP contribution in [0.3, 0.4) is 0 Å². The number of β-amino-alcohol motifs (C(OH)–C–C–N with tert-alkyl or cyclic N) is 1. The molecular weight excluding hydrogens is 282 g/mol. The van der Waals surface area contributed by atoms with Crippen molar-refractivity contribution in [3.05, 3.63) is 29.3 Å². The Bertz CT molecular complexity index is 465. The maximum Gasteiger partial charge on any atom is 0.223 e. The lowest BCUT2D eigenvalue weighted by molar-refractivity contribution is -0.130. The topological polar surface area (TPSA) is 40.5 Å². The molecule has 0 spiro atoms. The van der Waals surface area contributed by atoms with Gasteiger partial charge >= 0.3 is 0 Å². The standard InChI is InChI=1S/C14H18ClNO2S/c1-14(18)7-8-16(10-14)13(17)6-9-19-12-5-3-2-4-11(12)15/h2-5,18H,6-10H2,1H3. The Morgan fingerprint density at radius 1 is 1.53 bits per heavy atom. The molecule has 1 fully saturated rings. The summed E-state index contributed by atoms with van der Waals surface area (Å²) >= 11 is 7.65. The Morgan fingerprint density at radius 3 is 2.89 bits per heavy atom. The van der Waals surface area contributed by atoms with Gasteiger partial charge in [0.05, 0.1) is 10.6 Å². The van der Waals surface area contributed by atoms with Gasteiger partial charge in [-0.3, -0.25) is 4.79 Å². The first-order valence-corrected chi connectivity index (χ1v) is 7.72. The van der Waals surface area contributed by atoms with E-state index in [1.807, 2.05) is 24.3 Å². The van der Waals surface area contributed by atoms with Crippen molar-refractivity contribution in [1.82, 2.24) is 4.90 Å². The molecule has 19 heavy (non-hydrogen) atoms. The van der Waals surface area contributed by atoms with E-state index in [2.05, 4.69) is 0 Å². The Labute approximate surface area is 122 Å². The number of carbonyl (C=O) groups excluding carboxylic acids is 1. The van der Waals surface area contributed by atoms with Crippen molar-refractivity contribution >= 4 is 29.3 Å². The van der Waals surface area contributed by atoms with Crippen LogP contribution in [0.1, 0.15) is 19.8 Å². The van der Waals surface area contributed by atoms with Gasteiger partial charge in [-0.05, 0) is 25.5 Å². The first kappa shape index (κ1) is 14.7. The molecule has 5 heteroatoms. The third kappa shape index (κ3) is 4.13. The summed E-state index contributed by atoms with van der Waals surface area (Å²) in [6.07, 6.45) is 1.14. The number of benzene rings is 1. The van der Waals surface area contributed by atoms with E-state index in [1.165, 1.54) is 0 Å². The van der Waals surface area contributed by atoms with Crippen molar-refractivity contribution in [2.45, 2.75) is 30.3 Å². The molecule has 1 atom stereocenters. The van der Waals surface area contributed by atoms with E-state index in [0.29, 0.717) is 31.7 Å². The van der Waals surface area contributed by atoms with Gasteiger partial charge in [-0.25, -0.2) is 0 Å². The number of thioether (sulfide) groups is 1. The van der Waals surface area contributed by atoms with Gasteiger partial charge in [0.2, 0.25) is 5.91 Å². The number of halogens is 1. The summed E-state index contributed by atoms with van der Waals surface area (Å²) < 4.78 is 0. The van der Waals surface area contributed by atoms with E-state index in [-0.39, 0.29) is 5.91 Å². The van der Waals surface area contributed by atoms with Crippen LogP contribution in [-0.4, -0.2) is 40.4 Å². The molecule has 3 nitrogen and oxygen atoms in total. The van der Waals surface area contributed by atoms with Gasteiger partial charge < -0.3 is 10.0 Å². The molecule has 2 rings (SSSR count). The Morgan fingerprint density at radius 2 is 2.26 bits per heavy atom. The molecule has 1 unspecified atom stereocenters. The molecule has 0 aliphatic carbocycles. The van der Waals surface area contributed by atoms with E-state index >= 15 is 0 Å². The first-order valence-electron chi connectivity index (χ1n) is 6.35. The third-order valence-electron chi connectivity index (χ3n) is 3.21. The number of hydrogen-bond acceptors (Lipinski definition) is 3. The predicted molar refractivity (Wildman–Crippen MR) is 78.6 cm³/mol. The number of amides is 1. The van der Waals surface area contributed by atoms with Crippen LogP contribution in [0.25, 0.3) is 0 Å². The Hall–Kier alpha value is -0.710. The number of hydrogen-bond donors (Lipinski definition) is 1. The average Bonchev–Trinajstić information content (AvgIpc) is 2.72. The van der Waals surface area contributed by atoms with E-state index in [1.54, 1.807) is 23.6 Å². The highest BCUT2D eigenvalue weighted by Crippen LogP contribution is 2.27. The van der Waals surface area contributed by atoms with Gasteiger partial charge in [-0.2, -0.15) is 0 Å². The molecule has 0 aromatic heterocycles. The van der Waals surface area contributed by atoms with E-state index in [4.69, 9.17) is 11.6 Å². The van der Waals surface area contributed by atoms with Gasteiger partial charge in [-0.1, -0.05) is 23.7 Å². The number of rotatable bonds is 4. The second-order valence-corrected chi connectivity index (χ2v) is 6.64. The van der Waals surface area contributed by atoms with Gasteiger partial charge in [0.15, 0.2) is 0 Å². The van der Waals surface area contributed by atoms with Crippen LogP contribution >= 0.6 is 23.4 Å². The highest BCUT2D eigenvalue weighted by molar-refractivity contribution is 7.99. The maximum absolute atomic E-state index is 12.0. The minimum Gasteiger partial charge on any atom is -0.388 e. The van der Waals surface area contributed by atoms with Gasteiger partial charge in [0.25, 0.3) is 0 Å². The maximum atomic E-state index is 12.0. The van der Waals surface area contributed by atoms with Crippen LogP contribution in [0.5, 0.6) is 0 Å². The Kier molecular flexibility index (Phi) is 4.76. The van der Waals surface area contributed by atoms with Crippen molar-refractivity contribution in [3.63, 3.8) is 0 Å². The molecule has 1 N–H and O–H groups in total. The minimum atomic E-state index is -0.717. The zero-order valence-electron chi connectivity index (χ0n) is 10.9. The summed E-state index contributed by atoms with van der Waals surface area (Å²) in [5.74, 6) is 0.818. The van der Waals surface area contributed by atoms with Crippen LogP contribution in [0.2, 0.25) is 5.02 Å². The van der Waals surface area contributed by atoms with E-state index in [0.717, 1.165) is 9.92 Å². The summed E-state index contributed by atoms with van der Waals surface area (Å²) in [5, 5.41) is 10.6. The van der Waals surface area contributed by atoms with Gasteiger partial charge in [-0.15, -0.1) is 11.8 Å². The highest BCUT2D eigenvalue weighted by atomic mass is 35.5. The molecule has 1 aromatic carbocycles. The van der Waals surface area contributed by atoms with Crippen LogP contribution in [0.15, 0.2) is 29.2 Å². The van der Waals surface area contributed by atoms with Crippen LogP contribution in [0, 0.1) is 0 Å². The predicted octanol–water partition coefficient (Wildman–Crippen LogP) is 2.81. The summed E-state index contributed by atoms with van der Waals surface area (Å²) in [6, 6.07) is 7.64. The molecule has 1 heterocycles. The molecule has 1 aromatic rings. The normalized spacial score (nSPS) is 22.8. The third-order valence-corrected chi connectivity index (χ3v) is 4.73. The fourth-order valence-corrected chi connectivity index (χ4v) is 3.30. The summed E-state index contributed by atoms with van der Waals surface area (Å²) in [6.45, 7) is 2.88. The molecule has 0 saturated carbocycles. The summed E-state index contributed by atoms with van der Waals surface area (Å²) in [5.41, 5.74) is -0.717. The second kappa shape index (κ2) is 6.16. The monoisotopic (exact) mass is 299 g/mol. The molecule has 1 aliphatic heterocycles. The minimum absolute atomic E-state index is 0.109. The zero-order valence-corrected chi connectivity index (χ0v) is 12.5. The summed E-state index contributed by atoms with van der Waals surface area (Å²) in [7, 11) is 0. The van der Waals surface area contributed by atoms with Crippen molar-refractivity contribution in [1.29, 1.82) is 0 Å². The Balaban J connectivity index is 1.77. The van der Waals surface area contributed by atoms with Crippen LogP contribution < -0.4 is 0 Å². The smallest absolute Gasteiger partial charge is 0.223 e. The van der Waals surface area contributed by atoms with Crippen LogP contribution in [0.4, 0.5) is 0 Å². The fraction of sp³-hybridized carbons (Fsp3) is 0.500. The van der Waals surface area contributed by atoms with Crippen molar-refractivity contribution in [2.24, 2.45) is 0 Å². The second-order valence-electron chi connectivity index (χ2n) is 5.09. The molecule has 1 amide bonds. The van der Waals surface area contributed by atoms with Crippen molar-refractivity contribution < 1.29 is 9.90 Å². The van der Waals surface area contributed by atoms with Gasteiger partial charge in [0, 0.05) is 30.2 Å². The fourth-order valence-electron chi connectivity index (χ4n) is 2.13. The lowest BCUT2D eigenvalue weighted by atomic mass is 10.1. The molecule has 1 aliphatic rings. The SMILES string of the molecule is CC1(O)CCN(C(=O)CCSc2ccccc2Cl)C1. The molecule has 0 radical (unpaired) electrons. The van der Waals surface area contributed by atoms with Gasteiger partial charge in [0.1, 0.15) is 0 Å². The van der Waals surface area contributed by atoms with Crippen molar-refractivity contribution in [2.75, 3.05) is 18.8 Å². The number of nitrogens with zero attached hydrogens (tertiary/aromatic N) is 1. The van der Waals surface area contributed by atoms with Crippen molar-refractivity contribution in [3.8, 4) is 0 Å². The zero-order chi connectivity index (χ0) is 13.9. The average molecular weight is 300 g/mol. The molecule has 104 valence electrons. The summed E-state index contributed by atoms with van der Waals surface area (Å²) in [4.78, 5) is 14.7. The lowest BCUT2D eigenvalue weighted by Crippen LogP contribution is -2.34. The largest absolute Gasteiger partial charge is 0.388 e. The van der Waals surface area contributed by atoms with Crippen LogP contribution in [-0.2, 0) is 4.79 Å². The molecular formula is C14H18ClNO2S. The number of likely N-dealkylation sites (tertiary alicyclic amines) is 1. The quantitative estimate of drug-likeness (QED) is 0.869. The highest BCUT2D eigenvalue weighted by Gasteiger charge is 2.33. The molecule has 1 saturated heterocycles. The van der Waals surface area contributed by atoms with E-state index < -0.39 is 5.60 Å². The number of aliphatic hydroxyl groups is 1. The number of carbonyl (C=O) groups is 1. The molecule has 0 bridgehead atoms. The first-order chi connectivity index (χ1) is 8.98. The van der Waals surface area contributed by atoms with E-state index in [9.17, 15) is 9.90 Å². The lowest BCUT2D eigenvalue weighted by Gasteiger charge is -2.18.